The Balaban J connectivity index is 2.20. The fourth-order valence-electron chi connectivity index (χ4n) is 2.55. The number of aliphatic carboxylic acids is 1. The topological polar surface area (TPSA) is 106 Å². The first-order valence-electron chi connectivity index (χ1n) is 7.97. The van der Waals surface area contributed by atoms with E-state index in [9.17, 15) is 19.5 Å². The Morgan fingerprint density at radius 1 is 1.24 bits per heavy atom. The Labute approximate surface area is 145 Å². The van der Waals surface area contributed by atoms with Crippen LogP contribution in [0.5, 0.6) is 0 Å². The van der Waals surface area contributed by atoms with Gasteiger partial charge in [-0.3, -0.25) is 14.6 Å². The molecule has 132 valence electrons. The standard InChI is InChI=1S/C18H20N2O5/c1-3-25-14(21)10-11(2)15(18(23)24)20-17(22)13-8-4-6-12-7-5-9-19-16(12)13/h4-9,11,15H,3,10H2,1-2H3,(H,20,22)(H,23,24)/t11-,15-/m1/s1. The van der Waals surface area contributed by atoms with Crippen molar-refractivity contribution in [2.45, 2.75) is 26.3 Å². The van der Waals surface area contributed by atoms with Crippen molar-refractivity contribution in [3.8, 4) is 0 Å². The van der Waals surface area contributed by atoms with E-state index in [0.29, 0.717) is 5.52 Å². The minimum atomic E-state index is -1.21. The second kappa shape index (κ2) is 8.23. The van der Waals surface area contributed by atoms with Gasteiger partial charge in [0.15, 0.2) is 0 Å². The van der Waals surface area contributed by atoms with Gasteiger partial charge in [0.05, 0.1) is 24.1 Å². The van der Waals surface area contributed by atoms with Gasteiger partial charge in [0.25, 0.3) is 5.91 Å². The molecule has 0 unspecified atom stereocenters. The number of hydrogen-bond acceptors (Lipinski definition) is 5. The first-order valence-corrected chi connectivity index (χ1v) is 7.97. The van der Waals surface area contributed by atoms with Crippen LogP contribution in [-0.2, 0) is 14.3 Å². The van der Waals surface area contributed by atoms with Crippen LogP contribution in [0.1, 0.15) is 30.6 Å². The summed E-state index contributed by atoms with van der Waals surface area (Å²) in [5, 5.41) is 12.7. The van der Waals surface area contributed by atoms with E-state index in [1.54, 1.807) is 38.2 Å². The van der Waals surface area contributed by atoms with Gasteiger partial charge in [0.2, 0.25) is 0 Å². The van der Waals surface area contributed by atoms with Gasteiger partial charge in [-0.15, -0.1) is 0 Å². The molecule has 7 nitrogen and oxygen atoms in total. The third-order valence-electron chi connectivity index (χ3n) is 3.79. The average molecular weight is 344 g/mol. The van der Waals surface area contributed by atoms with Gasteiger partial charge in [0, 0.05) is 11.6 Å². The zero-order valence-corrected chi connectivity index (χ0v) is 14.1. The SMILES string of the molecule is CCOC(=O)C[C@@H](C)[C@@H](NC(=O)c1cccc2cccnc12)C(=O)O. The number of para-hydroxylation sites is 1. The molecule has 0 radical (unpaired) electrons. The fraction of sp³-hybridized carbons (Fsp3) is 0.333. The molecule has 7 heteroatoms. The lowest BCUT2D eigenvalue weighted by Crippen LogP contribution is -2.45. The Morgan fingerprint density at radius 2 is 1.96 bits per heavy atom. The van der Waals surface area contributed by atoms with E-state index in [1.165, 1.54) is 0 Å². The zero-order valence-electron chi connectivity index (χ0n) is 14.1. The van der Waals surface area contributed by atoms with Gasteiger partial charge in [-0.1, -0.05) is 25.1 Å². The molecule has 0 saturated heterocycles. The molecule has 1 heterocycles. The van der Waals surface area contributed by atoms with E-state index < -0.39 is 29.8 Å². The number of rotatable bonds is 7. The molecule has 0 spiro atoms. The number of nitrogens with zero attached hydrogens (tertiary/aromatic N) is 1. The highest BCUT2D eigenvalue weighted by Crippen LogP contribution is 2.17. The number of hydrogen-bond donors (Lipinski definition) is 2. The molecule has 0 aliphatic carbocycles. The van der Waals surface area contributed by atoms with Crippen molar-refractivity contribution in [2.75, 3.05) is 6.61 Å². The van der Waals surface area contributed by atoms with Crippen LogP contribution < -0.4 is 5.32 Å². The predicted molar refractivity (Wildman–Crippen MR) is 91.0 cm³/mol. The average Bonchev–Trinajstić information content (AvgIpc) is 2.58. The molecule has 0 aliphatic heterocycles. The number of nitrogens with one attached hydrogen (secondary N) is 1. The number of carboxylic acids is 1. The summed E-state index contributed by atoms with van der Waals surface area (Å²) in [5.74, 6) is -2.88. The highest BCUT2D eigenvalue weighted by atomic mass is 16.5. The normalized spacial score (nSPS) is 13.0. The van der Waals surface area contributed by atoms with Gasteiger partial charge >= 0.3 is 11.9 Å². The molecule has 1 aromatic carbocycles. The molecular weight excluding hydrogens is 324 g/mol. The quantitative estimate of drug-likeness (QED) is 0.744. The highest BCUT2D eigenvalue weighted by Gasteiger charge is 2.29. The van der Waals surface area contributed by atoms with Crippen LogP contribution in [0.25, 0.3) is 10.9 Å². The van der Waals surface area contributed by atoms with E-state index in [-0.39, 0.29) is 18.6 Å². The Morgan fingerprint density at radius 3 is 2.64 bits per heavy atom. The maximum atomic E-state index is 12.6. The first kappa shape index (κ1) is 18.4. The molecule has 0 bridgehead atoms. The zero-order chi connectivity index (χ0) is 18.4. The van der Waals surface area contributed by atoms with Crippen LogP contribution in [0.2, 0.25) is 0 Å². The summed E-state index contributed by atoms with van der Waals surface area (Å²) >= 11 is 0. The number of carbonyl (C=O) groups is 3. The van der Waals surface area contributed by atoms with E-state index in [0.717, 1.165) is 5.39 Å². The first-order chi connectivity index (χ1) is 11.9. The smallest absolute Gasteiger partial charge is 0.326 e. The van der Waals surface area contributed by atoms with Crippen molar-refractivity contribution >= 4 is 28.7 Å². The monoisotopic (exact) mass is 344 g/mol. The molecular formula is C18H20N2O5. The fourth-order valence-corrected chi connectivity index (χ4v) is 2.55. The summed E-state index contributed by atoms with van der Waals surface area (Å²) in [6, 6.07) is 7.46. The number of esters is 1. The largest absolute Gasteiger partial charge is 0.480 e. The second-order valence-electron chi connectivity index (χ2n) is 5.66. The lowest BCUT2D eigenvalue weighted by Gasteiger charge is -2.21. The summed E-state index contributed by atoms with van der Waals surface area (Å²) in [6.07, 6.45) is 1.47. The van der Waals surface area contributed by atoms with Crippen molar-refractivity contribution in [2.24, 2.45) is 5.92 Å². The maximum Gasteiger partial charge on any atom is 0.326 e. The predicted octanol–water partition coefficient (Wildman–Crippen LogP) is 2.01. The summed E-state index contributed by atoms with van der Waals surface area (Å²) in [4.78, 5) is 39.8. The Hall–Kier alpha value is -2.96. The third-order valence-corrected chi connectivity index (χ3v) is 3.79. The van der Waals surface area contributed by atoms with Crippen LogP contribution in [-0.4, -0.2) is 40.6 Å². The number of aromatic nitrogens is 1. The van der Waals surface area contributed by atoms with Gasteiger partial charge in [-0.25, -0.2) is 4.79 Å². The van der Waals surface area contributed by atoms with Crippen LogP contribution in [0, 0.1) is 5.92 Å². The molecule has 2 atom stereocenters. The number of pyridine rings is 1. The van der Waals surface area contributed by atoms with E-state index >= 15 is 0 Å². The summed E-state index contributed by atoms with van der Waals surface area (Å²) in [5.41, 5.74) is 0.775. The lowest BCUT2D eigenvalue weighted by molar-refractivity contribution is -0.145. The van der Waals surface area contributed by atoms with Gasteiger partial charge in [0.1, 0.15) is 6.04 Å². The molecule has 25 heavy (non-hydrogen) atoms. The van der Waals surface area contributed by atoms with Crippen LogP contribution in [0.4, 0.5) is 0 Å². The van der Waals surface area contributed by atoms with Crippen molar-refractivity contribution in [1.82, 2.24) is 10.3 Å². The van der Waals surface area contributed by atoms with Gasteiger partial charge in [-0.05, 0) is 25.0 Å². The van der Waals surface area contributed by atoms with E-state index in [2.05, 4.69) is 10.3 Å². The minimum Gasteiger partial charge on any atom is -0.480 e. The summed E-state index contributed by atoms with van der Waals surface area (Å²) < 4.78 is 4.84. The highest BCUT2D eigenvalue weighted by molar-refractivity contribution is 6.06. The number of benzene rings is 1. The molecule has 2 N–H and O–H groups in total. The van der Waals surface area contributed by atoms with Gasteiger partial charge in [-0.2, -0.15) is 0 Å². The Bertz CT molecular complexity index is 785. The molecule has 0 saturated carbocycles. The number of carboxylic acid groups (broad SMARTS) is 1. The molecule has 0 fully saturated rings. The molecule has 2 rings (SSSR count). The molecule has 2 aromatic rings. The summed E-state index contributed by atoms with van der Waals surface area (Å²) in [6.45, 7) is 3.47. The maximum absolute atomic E-state index is 12.6. The molecule has 0 aliphatic rings. The van der Waals surface area contributed by atoms with Crippen LogP contribution in [0.3, 0.4) is 0 Å². The number of ether oxygens (including phenoxy) is 1. The van der Waals surface area contributed by atoms with E-state index in [4.69, 9.17) is 4.74 Å². The summed E-state index contributed by atoms with van der Waals surface area (Å²) in [7, 11) is 0. The van der Waals surface area contributed by atoms with E-state index in [1.807, 2.05) is 12.1 Å². The number of carbonyl (C=O) groups excluding carboxylic acids is 2. The van der Waals surface area contributed by atoms with Gasteiger partial charge < -0.3 is 15.2 Å². The number of amides is 1. The van der Waals surface area contributed by atoms with Crippen molar-refractivity contribution < 1.29 is 24.2 Å². The minimum absolute atomic E-state index is 0.0983. The van der Waals surface area contributed by atoms with Crippen molar-refractivity contribution in [3.63, 3.8) is 0 Å². The Kier molecular flexibility index (Phi) is 6.05. The van der Waals surface area contributed by atoms with Crippen LogP contribution in [0.15, 0.2) is 36.5 Å². The third kappa shape index (κ3) is 4.53. The molecule has 1 amide bonds. The lowest BCUT2D eigenvalue weighted by atomic mass is 9.97. The number of fused-ring (bicyclic) bond motifs is 1. The molecule has 1 aromatic heterocycles. The van der Waals surface area contributed by atoms with Crippen molar-refractivity contribution in [1.29, 1.82) is 0 Å². The van der Waals surface area contributed by atoms with Crippen molar-refractivity contribution in [3.05, 3.63) is 42.1 Å². The van der Waals surface area contributed by atoms with Crippen LogP contribution >= 0.6 is 0 Å². The second-order valence-corrected chi connectivity index (χ2v) is 5.66.